The molecule has 8 rings (SSSR count). The summed E-state index contributed by atoms with van der Waals surface area (Å²) in [6, 6.07) is 0. The van der Waals surface area contributed by atoms with Crippen LogP contribution in [0.1, 0.15) is 99.8 Å². The summed E-state index contributed by atoms with van der Waals surface area (Å²) in [5, 5.41) is 53.7. The lowest BCUT2D eigenvalue weighted by Crippen LogP contribution is -2.63. The van der Waals surface area contributed by atoms with Gasteiger partial charge in [-0.1, -0.05) is 34.6 Å². The van der Waals surface area contributed by atoms with Gasteiger partial charge in [0.25, 0.3) is 0 Å². The number of fused-ring (bicyclic) bond motifs is 5. The van der Waals surface area contributed by atoms with Crippen molar-refractivity contribution in [1.29, 1.82) is 0 Å². The predicted octanol–water partition coefficient (Wildman–Crippen LogP) is 3.12. The van der Waals surface area contributed by atoms with Gasteiger partial charge in [-0.25, -0.2) is 0 Å². The maximum absolute atomic E-state index is 11.8. The Morgan fingerprint density at radius 2 is 1.45 bits per heavy atom. The van der Waals surface area contributed by atoms with Crippen molar-refractivity contribution < 1.29 is 44.5 Å². The quantitative estimate of drug-likeness (QED) is 0.295. The van der Waals surface area contributed by atoms with E-state index in [1.165, 1.54) is 12.8 Å². The van der Waals surface area contributed by atoms with Crippen molar-refractivity contribution in [1.82, 2.24) is 0 Å². The molecule has 250 valence electrons. The molecule has 5 saturated carbocycles. The van der Waals surface area contributed by atoms with Gasteiger partial charge in [0.05, 0.1) is 24.4 Å². The molecule has 0 radical (unpaired) electrons. The zero-order chi connectivity index (χ0) is 31.6. The van der Waals surface area contributed by atoms with Crippen molar-refractivity contribution in [3.8, 4) is 0 Å². The van der Waals surface area contributed by atoms with Crippen molar-refractivity contribution in [3.63, 3.8) is 0 Å². The average molecular weight is 621 g/mol. The summed E-state index contributed by atoms with van der Waals surface area (Å²) in [7, 11) is 0. The number of ether oxygens (including phenoxy) is 4. The maximum Gasteiger partial charge on any atom is 0.222 e. The molecule has 2 spiro atoms. The first-order valence-corrected chi connectivity index (χ1v) is 17.5. The van der Waals surface area contributed by atoms with Gasteiger partial charge >= 0.3 is 0 Å². The second-order valence-corrected chi connectivity index (χ2v) is 18.3. The Balaban J connectivity index is 1.06. The first-order chi connectivity index (χ1) is 20.4. The minimum absolute atomic E-state index is 0.0448. The molecular formula is C35H56O9. The molecule has 5 unspecified atom stereocenters. The molecule has 9 nitrogen and oxygen atoms in total. The average Bonchev–Trinajstić information content (AvgIpc) is 3.49. The first kappa shape index (κ1) is 30.9. The van der Waals surface area contributed by atoms with E-state index >= 15 is 0 Å². The highest BCUT2D eigenvalue weighted by Crippen LogP contribution is 2.89. The number of rotatable bonds is 2. The molecule has 44 heavy (non-hydrogen) atoms. The third kappa shape index (κ3) is 3.43. The van der Waals surface area contributed by atoms with E-state index in [0.717, 1.165) is 38.5 Å². The van der Waals surface area contributed by atoms with Gasteiger partial charge in [0.2, 0.25) is 5.79 Å². The molecule has 0 aromatic heterocycles. The number of aliphatic hydroxyl groups is 5. The largest absolute Gasteiger partial charge is 0.388 e. The first-order valence-electron chi connectivity index (χ1n) is 17.5. The number of aliphatic hydroxyl groups excluding tert-OH is 4. The van der Waals surface area contributed by atoms with E-state index in [-0.39, 0.29) is 52.3 Å². The standard InChI is InChI=1S/C35H56O9/c1-17-23-19(43-35(40)26(17)44-30(4,5)28(35)39)14-32(7)21-9-8-20-29(2,3)22(42-27-25(38)24(37)18(36)15-41-27)10-11-33(20)16-34(21,33)13-12-31(23,32)6/h17-28,36-40H,8-16H2,1-7H3/t17?,18-,19+,20?,21?,22+,23?,24+,25+,26?,27+,28-,31-,32+,33-,34+,35+/m1/s1. The fourth-order valence-corrected chi connectivity index (χ4v) is 13.9. The minimum atomic E-state index is -1.67. The lowest BCUT2D eigenvalue weighted by Gasteiger charge is -2.63. The van der Waals surface area contributed by atoms with Crippen molar-refractivity contribution in [2.45, 2.75) is 160 Å². The van der Waals surface area contributed by atoms with Crippen LogP contribution >= 0.6 is 0 Å². The van der Waals surface area contributed by atoms with Crippen molar-refractivity contribution in [2.24, 2.45) is 50.7 Å². The van der Waals surface area contributed by atoms with E-state index in [1.54, 1.807) is 0 Å². The van der Waals surface area contributed by atoms with Gasteiger partial charge in [0, 0.05) is 0 Å². The molecule has 3 aliphatic heterocycles. The Bertz CT molecular complexity index is 1210. The molecule has 0 amide bonds. The third-order valence-electron chi connectivity index (χ3n) is 16.1. The molecule has 3 heterocycles. The maximum atomic E-state index is 11.8. The van der Waals surface area contributed by atoms with Crippen LogP contribution in [0.2, 0.25) is 0 Å². The van der Waals surface area contributed by atoms with Crippen molar-refractivity contribution in [3.05, 3.63) is 0 Å². The lowest BCUT2D eigenvalue weighted by molar-refractivity contribution is -0.327. The molecule has 3 saturated heterocycles. The van der Waals surface area contributed by atoms with Gasteiger partial charge in [0.15, 0.2) is 6.29 Å². The van der Waals surface area contributed by atoms with Crippen LogP contribution in [0, 0.1) is 50.7 Å². The highest BCUT2D eigenvalue weighted by atomic mass is 16.7. The van der Waals surface area contributed by atoms with Gasteiger partial charge in [-0.2, -0.15) is 0 Å². The summed E-state index contributed by atoms with van der Waals surface area (Å²) in [5.41, 5.74) is -0.280. The van der Waals surface area contributed by atoms with Gasteiger partial charge in [-0.3, -0.25) is 0 Å². The fraction of sp³-hybridized carbons (Fsp3) is 1.00. The van der Waals surface area contributed by atoms with Gasteiger partial charge in [-0.15, -0.1) is 0 Å². The molecule has 8 aliphatic rings. The van der Waals surface area contributed by atoms with Crippen molar-refractivity contribution in [2.75, 3.05) is 6.61 Å². The normalized spacial score (nSPS) is 63.3. The molecule has 8 fully saturated rings. The summed E-state index contributed by atoms with van der Waals surface area (Å²) in [5.74, 6) is -0.258. The van der Waals surface area contributed by atoms with Crippen LogP contribution in [-0.2, 0) is 18.9 Å². The van der Waals surface area contributed by atoms with Crippen LogP contribution in [0.5, 0.6) is 0 Å². The van der Waals surface area contributed by atoms with Gasteiger partial charge < -0.3 is 44.5 Å². The van der Waals surface area contributed by atoms with Gasteiger partial charge in [0.1, 0.15) is 30.5 Å². The molecule has 0 bridgehead atoms. The van der Waals surface area contributed by atoms with Crippen LogP contribution in [0.3, 0.4) is 0 Å². The van der Waals surface area contributed by atoms with Crippen molar-refractivity contribution >= 4 is 0 Å². The van der Waals surface area contributed by atoms with E-state index in [9.17, 15) is 25.5 Å². The Morgan fingerprint density at radius 3 is 2.18 bits per heavy atom. The molecule has 0 aromatic rings. The molecule has 0 aromatic carbocycles. The van der Waals surface area contributed by atoms with Gasteiger partial charge in [-0.05, 0) is 116 Å². The number of hydrogen-bond acceptors (Lipinski definition) is 9. The Labute approximate surface area is 262 Å². The summed E-state index contributed by atoms with van der Waals surface area (Å²) in [6.07, 6.45) is 2.41. The Kier molecular flexibility index (Phi) is 6.33. The van der Waals surface area contributed by atoms with Crippen LogP contribution in [0.15, 0.2) is 0 Å². The number of hydrogen-bond donors (Lipinski definition) is 5. The topological polar surface area (TPSA) is 138 Å². The van der Waals surface area contributed by atoms with E-state index in [0.29, 0.717) is 17.3 Å². The smallest absolute Gasteiger partial charge is 0.222 e. The lowest BCUT2D eigenvalue weighted by atomic mass is 9.41. The predicted molar refractivity (Wildman–Crippen MR) is 159 cm³/mol. The summed E-state index contributed by atoms with van der Waals surface area (Å²) >= 11 is 0. The van der Waals surface area contributed by atoms with E-state index in [2.05, 4.69) is 34.6 Å². The second kappa shape index (κ2) is 9.00. The fourth-order valence-electron chi connectivity index (χ4n) is 13.9. The van der Waals surface area contributed by atoms with E-state index < -0.39 is 48.2 Å². The van der Waals surface area contributed by atoms with Crippen LogP contribution in [-0.4, -0.2) is 92.5 Å². The third-order valence-corrected chi connectivity index (χ3v) is 16.1. The van der Waals surface area contributed by atoms with E-state index in [4.69, 9.17) is 18.9 Å². The molecule has 9 heteroatoms. The summed E-state index contributed by atoms with van der Waals surface area (Å²) in [6.45, 7) is 15.6. The summed E-state index contributed by atoms with van der Waals surface area (Å²) < 4.78 is 25.1. The molecule has 17 atom stereocenters. The summed E-state index contributed by atoms with van der Waals surface area (Å²) in [4.78, 5) is 0. The van der Waals surface area contributed by atoms with E-state index in [1.807, 2.05) is 13.8 Å². The van der Waals surface area contributed by atoms with Crippen LogP contribution in [0.25, 0.3) is 0 Å². The molecule has 5 aliphatic carbocycles. The molecular weight excluding hydrogens is 564 g/mol. The Hall–Kier alpha value is -0.360. The highest BCUT2D eigenvalue weighted by molar-refractivity contribution is 5.32. The SMILES string of the molecule is CC1C2OC(C)(C)[C@@H](O)[C@@]2(O)O[C@H]2C[C@@]3(C)C4CCC5C(C)(C)[C@@H](O[C@@H]6OC[C@@H](O)[C@H](O)[C@@H]6O)CC[C@@]56C[C@@]46CC[C@]3(C)C12. The minimum Gasteiger partial charge on any atom is -0.388 e. The zero-order valence-electron chi connectivity index (χ0n) is 27.7. The monoisotopic (exact) mass is 620 g/mol. The second-order valence-electron chi connectivity index (χ2n) is 18.3. The Morgan fingerprint density at radius 1 is 0.773 bits per heavy atom. The van der Waals surface area contributed by atoms with Crippen LogP contribution in [0.4, 0.5) is 0 Å². The zero-order valence-corrected chi connectivity index (χ0v) is 27.7. The molecule has 5 N–H and O–H groups in total. The van der Waals surface area contributed by atoms with Crippen LogP contribution < -0.4 is 0 Å². The highest BCUT2D eigenvalue weighted by Gasteiger charge is 2.84.